The normalized spacial score (nSPS) is 15.5. The summed E-state index contributed by atoms with van der Waals surface area (Å²) >= 11 is 0. The zero-order valence-electron chi connectivity index (χ0n) is 13.3. The van der Waals surface area contributed by atoms with Gasteiger partial charge in [-0.3, -0.25) is 9.59 Å². The van der Waals surface area contributed by atoms with Crippen LogP contribution in [0.4, 0.5) is 0 Å². The van der Waals surface area contributed by atoms with Crippen LogP contribution in [0.25, 0.3) is 0 Å². The molecular weight excluding hydrogens is 282 g/mol. The van der Waals surface area contributed by atoms with Gasteiger partial charge in [-0.1, -0.05) is 19.3 Å². The number of hydrogen-bond donors (Lipinski definition) is 0. The molecule has 0 unspecified atom stereocenters. The first-order chi connectivity index (χ1) is 10.7. The Morgan fingerprint density at radius 2 is 2.09 bits per heavy atom. The van der Waals surface area contributed by atoms with E-state index in [0.717, 1.165) is 18.6 Å². The van der Waals surface area contributed by atoms with Gasteiger partial charge in [0.05, 0.1) is 26.3 Å². The Hall–Kier alpha value is -1.78. The SMILES string of the molecule is COC(=O)CCN(Cc1ccco1)C(=O)CC1CCCCC1. The van der Waals surface area contributed by atoms with Crippen molar-refractivity contribution in [2.75, 3.05) is 13.7 Å². The number of amides is 1. The molecule has 5 nitrogen and oxygen atoms in total. The van der Waals surface area contributed by atoms with Crippen molar-refractivity contribution < 1.29 is 18.7 Å². The minimum absolute atomic E-state index is 0.104. The molecule has 0 bridgehead atoms. The topological polar surface area (TPSA) is 59.8 Å². The first-order valence-corrected chi connectivity index (χ1v) is 8.06. The number of rotatable bonds is 7. The third-order valence-electron chi connectivity index (χ3n) is 4.28. The predicted octanol–water partition coefficient (Wildman–Crippen LogP) is 3.14. The first-order valence-electron chi connectivity index (χ1n) is 8.06. The molecule has 0 atom stereocenters. The first kappa shape index (κ1) is 16.6. The van der Waals surface area contributed by atoms with Crippen LogP contribution in [0.2, 0.25) is 0 Å². The number of esters is 1. The number of carbonyl (C=O) groups is 2. The summed E-state index contributed by atoms with van der Waals surface area (Å²) in [5.41, 5.74) is 0. The average Bonchev–Trinajstić information content (AvgIpc) is 3.05. The van der Waals surface area contributed by atoms with Crippen LogP contribution in [0.5, 0.6) is 0 Å². The summed E-state index contributed by atoms with van der Waals surface area (Å²) in [4.78, 5) is 25.6. The smallest absolute Gasteiger partial charge is 0.307 e. The van der Waals surface area contributed by atoms with Crippen molar-refractivity contribution in [1.82, 2.24) is 4.90 Å². The summed E-state index contributed by atoms with van der Waals surface area (Å²) in [6, 6.07) is 3.65. The van der Waals surface area contributed by atoms with Crippen molar-refractivity contribution in [1.29, 1.82) is 0 Å². The molecule has 0 aromatic carbocycles. The summed E-state index contributed by atoms with van der Waals surface area (Å²) in [6.07, 6.45) is 8.38. The Kier molecular flexibility index (Phi) is 6.49. The number of nitrogens with zero attached hydrogens (tertiary/aromatic N) is 1. The van der Waals surface area contributed by atoms with Crippen LogP contribution in [0, 0.1) is 5.92 Å². The summed E-state index contributed by atoms with van der Waals surface area (Å²) in [7, 11) is 1.36. The van der Waals surface area contributed by atoms with Gasteiger partial charge < -0.3 is 14.1 Å². The van der Waals surface area contributed by atoms with E-state index in [-0.39, 0.29) is 18.3 Å². The zero-order valence-corrected chi connectivity index (χ0v) is 13.3. The quantitative estimate of drug-likeness (QED) is 0.726. The molecule has 0 spiro atoms. The molecule has 0 radical (unpaired) electrons. The lowest BCUT2D eigenvalue weighted by Crippen LogP contribution is -2.34. The lowest BCUT2D eigenvalue weighted by molar-refractivity contribution is -0.142. The predicted molar refractivity (Wildman–Crippen MR) is 82.0 cm³/mol. The van der Waals surface area contributed by atoms with E-state index in [1.807, 2.05) is 6.07 Å². The highest BCUT2D eigenvalue weighted by Gasteiger charge is 2.22. The molecule has 1 saturated carbocycles. The third kappa shape index (κ3) is 5.20. The third-order valence-corrected chi connectivity index (χ3v) is 4.28. The van der Waals surface area contributed by atoms with Gasteiger partial charge in [0.15, 0.2) is 0 Å². The second-order valence-electron chi connectivity index (χ2n) is 5.93. The highest BCUT2D eigenvalue weighted by Crippen LogP contribution is 2.27. The lowest BCUT2D eigenvalue weighted by atomic mass is 9.86. The monoisotopic (exact) mass is 307 g/mol. The van der Waals surface area contributed by atoms with E-state index in [0.29, 0.717) is 25.4 Å². The molecule has 22 heavy (non-hydrogen) atoms. The van der Waals surface area contributed by atoms with Crippen LogP contribution in [0.3, 0.4) is 0 Å². The Bertz CT molecular complexity index is 463. The van der Waals surface area contributed by atoms with E-state index in [2.05, 4.69) is 4.74 Å². The highest BCUT2D eigenvalue weighted by molar-refractivity contribution is 5.77. The van der Waals surface area contributed by atoms with Gasteiger partial charge in [-0.05, 0) is 30.9 Å². The molecule has 122 valence electrons. The summed E-state index contributed by atoms with van der Waals surface area (Å²) in [5.74, 6) is 1.03. The van der Waals surface area contributed by atoms with Gasteiger partial charge in [-0.25, -0.2) is 0 Å². The maximum atomic E-state index is 12.6. The van der Waals surface area contributed by atoms with E-state index in [1.165, 1.54) is 26.4 Å². The Balaban J connectivity index is 1.92. The molecule has 5 heteroatoms. The molecule has 0 aliphatic heterocycles. The summed E-state index contributed by atoms with van der Waals surface area (Å²) in [6.45, 7) is 0.786. The molecule has 1 aromatic rings. The second-order valence-corrected chi connectivity index (χ2v) is 5.93. The molecule has 2 rings (SSSR count). The lowest BCUT2D eigenvalue weighted by Gasteiger charge is -2.26. The molecule has 0 N–H and O–H groups in total. The molecule has 1 fully saturated rings. The molecular formula is C17H25NO4. The highest BCUT2D eigenvalue weighted by atomic mass is 16.5. The van der Waals surface area contributed by atoms with Crippen molar-refractivity contribution in [2.24, 2.45) is 5.92 Å². The maximum absolute atomic E-state index is 12.6. The fourth-order valence-electron chi connectivity index (χ4n) is 2.98. The summed E-state index contributed by atoms with van der Waals surface area (Å²) < 4.78 is 9.99. The van der Waals surface area contributed by atoms with Crippen LogP contribution in [-0.4, -0.2) is 30.4 Å². The molecule has 1 aliphatic carbocycles. The maximum Gasteiger partial charge on any atom is 0.307 e. The molecule has 0 saturated heterocycles. The van der Waals surface area contributed by atoms with Crippen molar-refractivity contribution >= 4 is 11.9 Å². The largest absolute Gasteiger partial charge is 0.469 e. The average molecular weight is 307 g/mol. The van der Waals surface area contributed by atoms with Crippen molar-refractivity contribution in [3.63, 3.8) is 0 Å². The minimum Gasteiger partial charge on any atom is -0.469 e. The van der Waals surface area contributed by atoms with Gasteiger partial charge in [-0.15, -0.1) is 0 Å². The van der Waals surface area contributed by atoms with Crippen molar-refractivity contribution in [2.45, 2.75) is 51.5 Å². The Morgan fingerprint density at radius 1 is 1.32 bits per heavy atom. The number of ether oxygens (including phenoxy) is 1. The Morgan fingerprint density at radius 3 is 2.73 bits per heavy atom. The van der Waals surface area contributed by atoms with Crippen LogP contribution >= 0.6 is 0 Å². The van der Waals surface area contributed by atoms with Gasteiger partial charge >= 0.3 is 5.97 Å². The number of methoxy groups -OCH3 is 1. The molecule has 1 aromatic heterocycles. The van der Waals surface area contributed by atoms with E-state index in [9.17, 15) is 9.59 Å². The van der Waals surface area contributed by atoms with Gasteiger partial charge in [0, 0.05) is 13.0 Å². The van der Waals surface area contributed by atoms with E-state index in [1.54, 1.807) is 17.2 Å². The van der Waals surface area contributed by atoms with Gasteiger partial charge in [0.2, 0.25) is 5.91 Å². The van der Waals surface area contributed by atoms with Crippen LogP contribution < -0.4 is 0 Å². The van der Waals surface area contributed by atoms with Crippen LogP contribution in [0.15, 0.2) is 22.8 Å². The van der Waals surface area contributed by atoms with Crippen LogP contribution in [-0.2, 0) is 20.9 Å². The summed E-state index contributed by atoms with van der Waals surface area (Å²) in [5, 5.41) is 0. The molecule has 1 heterocycles. The fraction of sp³-hybridized carbons (Fsp3) is 0.647. The fourth-order valence-corrected chi connectivity index (χ4v) is 2.98. The van der Waals surface area contributed by atoms with Gasteiger partial charge in [-0.2, -0.15) is 0 Å². The van der Waals surface area contributed by atoms with Gasteiger partial charge in [0.25, 0.3) is 0 Å². The van der Waals surface area contributed by atoms with Crippen molar-refractivity contribution in [3.8, 4) is 0 Å². The molecule has 1 aliphatic rings. The Labute approximate surface area is 131 Å². The number of carbonyl (C=O) groups excluding carboxylic acids is 2. The van der Waals surface area contributed by atoms with Crippen molar-refractivity contribution in [3.05, 3.63) is 24.2 Å². The van der Waals surface area contributed by atoms with E-state index >= 15 is 0 Å². The standard InChI is InChI=1S/C17H25NO4/c1-21-17(20)9-10-18(13-15-8-5-11-22-15)16(19)12-14-6-3-2-4-7-14/h5,8,11,14H,2-4,6-7,9-10,12-13H2,1H3. The number of hydrogen-bond acceptors (Lipinski definition) is 4. The number of furan rings is 1. The van der Waals surface area contributed by atoms with Gasteiger partial charge in [0.1, 0.15) is 5.76 Å². The minimum atomic E-state index is -0.296. The molecule has 1 amide bonds. The van der Waals surface area contributed by atoms with E-state index < -0.39 is 0 Å². The second kappa shape index (κ2) is 8.61. The van der Waals surface area contributed by atoms with Crippen LogP contribution in [0.1, 0.15) is 50.7 Å². The zero-order chi connectivity index (χ0) is 15.8. The van der Waals surface area contributed by atoms with E-state index in [4.69, 9.17) is 4.42 Å².